The van der Waals surface area contributed by atoms with Crippen molar-refractivity contribution in [2.75, 3.05) is 10.6 Å². The van der Waals surface area contributed by atoms with Gasteiger partial charge < -0.3 is 10.4 Å². The highest BCUT2D eigenvalue weighted by atomic mass is 32.1. The van der Waals surface area contributed by atoms with Gasteiger partial charge in [0.2, 0.25) is 5.95 Å². The zero-order valence-corrected chi connectivity index (χ0v) is 10.2. The van der Waals surface area contributed by atoms with Gasteiger partial charge in [-0.2, -0.15) is 4.39 Å². The summed E-state index contributed by atoms with van der Waals surface area (Å²) in [5.74, 6) is -1.78. The van der Waals surface area contributed by atoms with Crippen LogP contribution in [0.3, 0.4) is 0 Å². The molecule has 2 aromatic rings. The molecule has 0 aromatic carbocycles. The van der Waals surface area contributed by atoms with Crippen LogP contribution in [-0.2, 0) is 0 Å². The standard InChI is InChI=1S/C11H8FN3O3S/c12-8-2-1-6(5-13-8)14-11(18)15-9-7(10(16)17)3-4-19-9/h1-5H,(H,16,17)(H2,14,15,18). The van der Waals surface area contributed by atoms with Gasteiger partial charge in [-0.15, -0.1) is 11.3 Å². The molecule has 2 aromatic heterocycles. The number of carbonyl (C=O) groups is 2. The molecule has 2 rings (SSSR count). The smallest absolute Gasteiger partial charge is 0.338 e. The van der Waals surface area contributed by atoms with Gasteiger partial charge in [-0.1, -0.05) is 0 Å². The molecule has 2 heterocycles. The van der Waals surface area contributed by atoms with E-state index in [1.54, 1.807) is 5.38 Å². The molecule has 6 nitrogen and oxygen atoms in total. The number of carbonyl (C=O) groups excluding carboxylic acids is 1. The molecule has 0 fully saturated rings. The van der Waals surface area contributed by atoms with Crippen molar-refractivity contribution >= 4 is 34.0 Å². The quantitative estimate of drug-likeness (QED) is 0.754. The number of aromatic carboxylic acids is 1. The Morgan fingerprint density at radius 2 is 2.05 bits per heavy atom. The highest BCUT2D eigenvalue weighted by Crippen LogP contribution is 2.23. The minimum atomic E-state index is -1.13. The summed E-state index contributed by atoms with van der Waals surface area (Å²) in [4.78, 5) is 25.8. The van der Waals surface area contributed by atoms with E-state index >= 15 is 0 Å². The molecule has 0 spiro atoms. The fourth-order valence-electron chi connectivity index (χ4n) is 1.29. The first kappa shape index (κ1) is 13.0. The molecule has 0 aliphatic carbocycles. The minimum absolute atomic E-state index is 0.0115. The number of nitrogens with zero attached hydrogens (tertiary/aromatic N) is 1. The number of anilines is 2. The van der Waals surface area contributed by atoms with Gasteiger partial charge in [0.25, 0.3) is 0 Å². The van der Waals surface area contributed by atoms with Crippen LogP contribution in [0.15, 0.2) is 29.8 Å². The van der Waals surface area contributed by atoms with Crippen molar-refractivity contribution in [1.29, 1.82) is 0 Å². The van der Waals surface area contributed by atoms with E-state index in [9.17, 15) is 14.0 Å². The number of nitrogens with one attached hydrogen (secondary N) is 2. The highest BCUT2D eigenvalue weighted by Gasteiger charge is 2.13. The Morgan fingerprint density at radius 1 is 1.26 bits per heavy atom. The first-order valence-electron chi connectivity index (χ1n) is 5.06. The van der Waals surface area contributed by atoms with Crippen LogP contribution in [0.5, 0.6) is 0 Å². The van der Waals surface area contributed by atoms with Crippen LogP contribution in [0.1, 0.15) is 10.4 Å². The average Bonchev–Trinajstić information content (AvgIpc) is 2.80. The molecule has 19 heavy (non-hydrogen) atoms. The number of hydrogen-bond acceptors (Lipinski definition) is 4. The predicted molar refractivity (Wildman–Crippen MR) is 68.1 cm³/mol. The summed E-state index contributed by atoms with van der Waals surface area (Å²) < 4.78 is 12.6. The zero-order chi connectivity index (χ0) is 13.8. The maximum atomic E-state index is 12.6. The number of amides is 2. The summed E-state index contributed by atoms with van der Waals surface area (Å²) in [6, 6.07) is 3.21. The van der Waals surface area contributed by atoms with Gasteiger partial charge in [0.1, 0.15) is 5.00 Å². The van der Waals surface area contributed by atoms with Crippen molar-refractivity contribution in [2.24, 2.45) is 0 Å². The van der Waals surface area contributed by atoms with E-state index in [-0.39, 0.29) is 10.6 Å². The van der Waals surface area contributed by atoms with Crippen molar-refractivity contribution in [3.8, 4) is 0 Å². The normalized spacial score (nSPS) is 9.95. The number of halogens is 1. The second-order valence-corrected chi connectivity index (χ2v) is 4.33. The SMILES string of the molecule is O=C(Nc1ccc(F)nc1)Nc1sccc1C(=O)O. The average molecular weight is 281 g/mol. The molecule has 0 saturated carbocycles. The molecule has 0 saturated heterocycles. The molecular weight excluding hydrogens is 273 g/mol. The number of carboxylic acid groups (broad SMARTS) is 1. The second-order valence-electron chi connectivity index (χ2n) is 3.42. The Bertz CT molecular complexity index is 612. The summed E-state index contributed by atoms with van der Waals surface area (Å²) in [6.07, 6.45) is 1.15. The molecule has 0 bridgehead atoms. The zero-order valence-electron chi connectivity index (χ0n) is 9.38. The summed E-state index contributed by atoms with van der Waals surface area (Å²) in [5, 5.41) is 15.5. The molecule has 0 radical (unpaired) electrons. The number of hydrogen-bond donors (Lipinski definition) is 3. The third-order valence-electron chi connectivity index (χ3n) is 2.11. The number of thiophene rings is 1. The molecular formula is C11H8FN3O3S. The van der Waals surface area contributed by atoms with Crippen LogP contribution >= 0.6 is 11.3 Å². The van der Waals surface area contributed by atoms with E-state index in [2.05, 4.69) is 15.6 Å². The second kappa shape index (κ2) is 5.44. The monoisotopic (exact) mass is 281 g/mol. The van der Waals surface area contributed by atoms with Gasteiger partial charge in [-0.25, -0.2) is 14.6 Å². The molecule has 3 N–H and O–H groups in total. The van der Waals surface area contributed by atoms with Crippen LogP contribution in [0, 0.1) is 5.95 Å². The maximum Gasteiger partial charge on any atom is 0.338 e. The van der Waals surface area contributed by atoms with Crippen molar-refractivity contribution in [1.82, 2.24) is 4.98 Å². The van der Waals surface area contributed by atoms with E-state index < -0.39 is 17.9 Å². The molecule has 98 valence electrons. The van der Waals surface area contributed by atoms with Gasteiger partial charge in [-0.3, -0.25) is 5.32 Å². The molecule has 0 atom stereocenters. The molecule has 2 amide bonds. The summed E-state index contributed by atoms with van der Waals surface area (Å²) in [7, 11) is 0. The number of carboxylic acids is 1. The number of rotatable bonds is 3. The van der Waals surface area contributed by atoms with E-state index in [0.717, 1.165) is 23.6 Å². The Labute approximate surface area is 110 Å². The fourth-order valence-corrected chi connectivity index (χ4v) is 2.06. The lowest BCUT2D eigenvalue weighted by Crippen LogP contribution is -2.20. The van der Waals surface area contributed by atoms with E-state index in [0.29, 0.717) is 5.69 Å². The first-order chi connectivity index (χ1) is 9.06. The van der Waals surface area contributed by atoms with Crippen LogP contribution in [0.2, 0.25) is 0 Å². The van der Waals surface area contributed by atoms with Gasteiger partial charge in [-0.05, 0) is 23.6 Å². The van der Waals surface area contributed by atoms with Gasteiger partial charge >= 0.3 is 12.0 Å². The van der Waals surface area contributed by atoms with Crippen molar-refractivity contribution < 1.29 is 19.1 Å². The van der Waals surface area contributed by atoms with E-state index in [1.807, 2.05) is 0 Å². The largest absolute Gasteiger partial charge is 0.478 e. The molecule has 0 aliphatic rings. The lowest BCUT2D eigenvalue weighted by atomic mass is 10.3. The van der Waals surface area contributed by atoms with Crippen LogP contribution in [0.4, 0.5) is 19.9 Å². The predicted octanol–water partition coefficient (Wildman–Crippen LogP) is 2.62. The maximum absolute atomic E-state index is 12.6. The molecule has 0 aliphatic heterocycles. The highest BCUT2D eigenvalue weighted by molar-refractivity contribution is 7.14. The lowest BCUT2D eigenvalue weighted by Gasteiger charge is -2.06. The molecule has 8 heteroatoms. The summed E-state index contributed by atoms with van der Waals surface area (Å²) in [5.41, 5.74) is 0.310. The number of aromatic nitrogens is 1. The Kier molecular flexibility index (Phi) is 3.71. The Hall–Kier alpha value is -2.48. The van der Waals surface area contributed by atoms with E-state index in [1.165, 1.54) is 12.1 Å². The van der Waals surface area contributed by atoms with Crippen LogP contribution in [0.25, 0.3) is 0 Å². The third kappa shape index (κ3) is 3.26. The summed E-state index contributed by atoms with van der Waals surface area (Å²) >= 11 is 1.09. The third-order valence-corrected chi connectivity index (χ3v) is 2.94. The van der Waals surface area contributed by atoms with Gasteiger partial charge in [0.05, 0.1) is 17.4 Å². The topological polar surface area (TPSA) is 91.3 Å². The molecule has 0 unspecified atom stereocenters. The van der Waals surface area contributed by atoms with Crippen molar-refractivity contribution in [3.63, 3.8) is 0 Å². The lowest BCUT2D eigenvalue weighted by molar-refractivity contribution is 0.0698. The van der Waals surface area contributed by atoms with Crippen LogP contribution in [-0.4, -0.2) is 22.1 Å². The van der Waals surface area contributed by atoms with Gasteiger partial charge in [0, 0.05) is 0 Å². The minimum Gasteiger partial charge on any atom is -0.478 e. The van der Waals surface area contributed by atoms with Crippen molar-refractivity contribution in [3.05, 3.63) is 41.3 Å². The van der Waals surface area contributed by atoms with Gasteiger partial charge in [0.15, 0.2) is 0 Å². The fraction of sp³-hybridized carbons (Fsp3) is 0. The van der Waals surface area contributed by atoms with Crippen LogP contribution < -0.4 is 10.6 Å². The van der Waals surface area contributed by atoms with E-state index in [4.69, 9.17) is 5.11 Å². The number of pyridine rings is 1. The first-order valence-corrected chi connectivity index (χ1v) is 5.94. The Balaban J connectivity index is 2.03. The summed E-state index contributed by atoms with van der Waals surface area (Å²) in [6.45, 7) is 0. The Morgan fingerprint density at radius 3 is 2.68 bits per heavy atom. The number of urea groups is 1. The van der Waals surface area contributed by atoms with Crippen molar-refractivity contribution in [2.45, 2.75) is 0 Å².